The standard InChI is InChI=1S/C12H26N2O4S/c1-6-11(7-2)10(3)13-19(16,17)14(4)9-8-12(15)18-5/h10-11,13H,6-9H2,1-5H3. The van der Waals surface area contributed by atoms with Crippen LogP contribution in [0, 0.1) is 5.92 Å². The Bertz CT molecular complexity index is 366. The lowest BCUT2D eigenvalue weighted by Gasteiger charge is -2.25. The third-order valence-corrected chi connectivity index (χ3v) is 5.03. The molecule has 1 atom stereocenters. The van der Waals surface area contributed by atoms with Crippen LogP contribution in [0.15, 0.2) is 0 Å². The third-order valence-electron chi connectivity index (χ3n) is 3.36. The van der Waals surface area contributed by atoms with E-state index >= 15 is 0 Å². The monoisotopic (exact) mass is 294 g/mol. The minimum atomic E-state index is -3.55. The molecule has 0 radical (unpaired) electrons. The molecule has 114 valence electrons. The Labute approximate surface area is 116 Å². The van der Waals surface area contributed by atoms with E-state index in [4.69, 9.17) is 0 Å². The number of ether oxygens (including phenoxy) is 1. The number of nitrogens with one attached hydrogen (secondary N) is 1. The van der Waals surface area contributed by atoms with Crippen LogP contribution in [0.5, 0.6) is 0 Å². The average molecular weight is 294 g/mol. The summed E-state index contributed by atoms with van der Waals surface area (Å²) < 4.78 is 32.4. The zero-order valence-electron chi connectivity index (χ0n) is 12.5. The molecule has 0 aromatic heterocycles. The van der Waals surface area contributed by atoms with Gasteiger partial charge in [-0.15, -0.1) is 0 Å². The lowest BCUT2D eigenvalue weighted by molar-refractivity contribution is -0.140. The van der Waals surface area contributed by atoms with E-state index in [0.29, 0.717) is 5.92 Å². The highest BCUT2D eigenvalue weighted by molar-refractivity contribution is 7.87. The number of esters is 1. The first kappa shape index (κ1) is 18.3. The molecule has 0 spiro atoms. The molecule has 0 heterocycles. The zero-order valence-corrected chi connectivity index (χ0v) is 13.3. The maximum Gasteiger partial charge on any atom is 0.306 e. The fraction of sp³-hybridized carbons (Fsp3) is 0.917. The molecule has 7 heteroatoms. The van der Waals surface area contributed by atoms with Crippen LogP contribution in [-0.4, -0.2) is 45.4 Å². The molecule has 0 rings (SSSR count). The molecule has 0 aromatic rings. The van der Waals surface area contributed by atoms with E-state index in [2.05, 4.69) is 9.46 Å². The van der Waals surface area contributed by atoms with Crippen LogP contribution in [0.2, 0.25) is 0 Å². The van der Waals surface area contributed by atoms with E-state index < -0.39 is 16.2 Å². The predicted molar refractivity (Wildman–Crippen MR) is 74.9 cm³/mol. The second-order valence-corrected chi connectivity index (χ2v) is 6.44. The van der Waals surface area contributed by atoms with Crippen molar-refractivity contribution in [1.29, 1.82) is 0 Å². The number of rotatable bonds is 9. The summed E-state index contributed by atoms with van der Waals surface area (Å²) in [5.74, 6) is -0.112. The predicted octanol–water partition coefficient (Wildman–Crippen LogP) is 1.14. The average Bonchev–Trinajstić information content (AvgIpc) is 2.36. The Morgan fingerprint density at radius 2 is 1.84 bits per heavy atom. The summed E-state index contributed by atoms with van der Waals surface area (Å²) in [6.07, 6.45) is 1.89. The summed E-state index contributed by atoms with van der Waals surface area (Å²) in [5, 5.41) is 0. The van der Waals surface area contributed by atoms with Crippen LogP contribution in [0.1, 0.15) is 40.0 Å². The smallest absolute Gasteiger partial charge is 0.306 e. The van der Waals surface area contributed by atoms with Gasteiger partial charge in [0.1, 0.15) is 0 Å². The van der Waals surface area contributed by atoms with Crippen molar-refractivity contribution in [3.8, 4) is 0 Å². The van der Waals surface area contributed by atoms with Gasteiger partial charge in [-0.2, -0.15) is 17.4 Å². The van der Waals surface area contributed by atoms with Crippen molar-refractivity contribution in [3.05, 3.63) is 0 Å². The van der Waals surface area contributed by atoms with Gasteiger partial charge >= 0.3 is 5.97 Å². The van der Waals surface area contributed by atoms with Crippen LogP contribution >= 0.6 is 0 Å². The molecule has 19 heavy (non-hydrogen) atoms. The zero-order chi connectivity index (χ0) is 15.1. The molecule has 0 fully saturated rings. The second-order valence-electron chi connectivity index (χ2n) is 4.64. The first-order valence-electron chi connectivity index (χ1n) is 6.58. The molecule has 1 N–H and O–H groups in total. The van der Waals surface area contributed by atoms with E-state index in [-0.39, 0.29) is 19.0 Å². The second kappa shape index (κ2) is 8.50. The van der Waals surface area contributed by atoms with Gasteiger partial charge < -0.3 is 4.74 Å². The van der Waals surface area contributed by atoms with E-state index in [1.807, 2.05) is 20.8 Å². The van der Waals surface area contributed by atoms with Crippen molar-refractivity contribution in [2.24, 2.45) is 5.92 Å². The van der Waals surface area contributed by atoms with Gasteiger partial charge in [0, 0.05) is 19.6 Å². The Kier molecular flexibility index (Phi) is 8.20. The minimum Gasteiger partial charge on any atom is -0.469 e. The van der Waals surface area contributed by atoms with Gasteiger partial charge in [-0.25, -0.2) is 0 Å². The van der Waals surface area contributed by atoms with Gasteiger partial charge in [-0.3, -0.25) is 4.79 Å². The SMILES string of the molecule is CCC(CC)C(C)NS(=O)(=O)N(C)CCC(=O)OC. The quantitative estimate of drug-likeness (QED) is 0.647. The number of carbonyl (C=O) groups excluding carboxylic acids is 1. The fourth-order valence-electron chi connectivity index (χ4n) is 1.89. The Hall–Kier alpha value is -0.660. The van der Waals surface area contributed by atoms with E-state index in [1.165, 1.54) is 14.2 Å². The summed E-state index contributed by atoms with van der Waals surface area (Å²) in [6.45, 7) is 6.06. The van der Waals surface area contributed by atoms with Crippen molar-refractivity contribution in [2.75, 3.05) is 20.7 Å². The van der Waals surface area contributed by atoms with Gasteiger partial charge in [0.05, 0.1) is 13.5 Å². The molecular formula is C12H26N2O4S. The van der Waals surface area contributed by atoms with Crippen molar-refractivity contribution in [3.63, 3.8) is 0 Å². The Morgan fingerprint density at radius 3 is 2.26 bits per heavy atom. The molecule has 0 saturated carbocycles. The number of carbonyl (C=O) groups is 1. The van der Waals surface area contributed by atoms with Gasteiger partial charge in [0.25, 0.3) is 10.2 Å². The molecule has 0 amide bonds. The maximum atomic E-state index is 12.0. The maximum absolute atomic E-state index is 12.0. The highest BCUT2D eigenvalue weighted by atomic mass is 32.2. The number of hydrogen-bond acceptors (Lipinski definition) is 4. The van der Waals surface area contributed by atoms with Crippen molar-refractivity contribution < 1.29 is 17.9 Å². The van der Waals surface area contributed by atoms with Gasteiger partial charge in [-0.05, 0) is 12.8 Å². The van der Waals surface area contributed by atoms with Crippen LogP contribution in [0.25, 0.3) is 0 Å². The van der Waals surface area contributed by atoms with E-state index in [0.717, 1.165) is 17.1 Å². The Morgan fingerprint density at radius 1 is 1.32 bits per heavy atom. The molecule has 0 bridgehead atoms. The molecule has 0 aliphatic rings. The molecule has 6 nitrogen and oxygen atoms in total. The molecule has 0 saturated heterocycles. The van der Waals surface area contributed by atoms with Crippen molar-refractivity contribution >= 4 is 16.2 Å². The van der Waals surface area contributed by atoms with Crippen LogP contribution in [0.3, 0.4) is 0 Å². The molecule has 0 aliphatic heterocycles. The highest BCUT2D eigenvalue weighted by Gasteiger charge is 2.24. The van der Waals surface area contributed by atoms with Gasteiger partial charge in [0.2, 0.25) is 0 Å². The normalized spacial score (nSPS) is 13.8. The molecule has 1 unspecified atom stereocenters. The lowest BCUT2D eigenvalue weighted by Crippen LogP contribution is -2.45. The largest absolute Gasteiger partial charge is 0.469 e. The number of methoxy groups -OCH3 is 1. The topological polar surface area (TPSA) is 75.7 Å². The summed E-state index contributed by atoms with van der Waals surface area (Å²) in [6, 6.07) is -0.124. The molecule has 0 aliphatic carbocycles. The van der Waals surface area contributed by atoms with Crippen molar-refractivity contribution in [1.82, 2.24) is 9.03 Å². The van der Waals surface area contributed by atoms with Crippen LogP contribution in [0.4, 0.5) is 0 Å². The van der Waals surface area contributed by atoms with Gasteiger partial charge in [-0.1, -0.05) is 26.7 Å². The third kappa shape index (κ3) is 6.35. The minimum absolute atomic E-state index is 0.0489. The first-order chi connectivity index (χ1) is 8.78. The summed E-state index contributed by atoms with van der Waals surface area (Å²) in [5.41, 5.74) is 0. The van der Waals surface area contributed by atoms with E-state index in [1.54, 1.807) is 0 Å². The summed E-state index contributed by atoms with van der Waals surface area (Å²) >= 11 is 0. The first-order valence-corrected chi connectivity index (χ1v) is 8.02. The van der Waals surface area contributed by atoms with Gasteiger partial charge in [0.15, 0.2) is 0 Å². The Balaban J connectivity index is 4.48. The fourth-order valence-corrected chi connectivity index (χ4v) is 3.06. The highest BCUT2D eigenvalue weighted by Crippen LogP contribution is 2.14. The number of hydrogen-bond donors (Lipinski definition) is 1. The van der Waals surface area contributed by atoms with Crippen LogP contribution < -0.4 is 4.72 Å². The van der Waals surface area contributed by atoms with Crippen molar-refractivity contribution in [2.45, 2.75) is 46.1 Å². The molecular weight excluding hydrogens is 268 g/mol. The van der Waals surface area contributed by atoms with E-state index in [9.17, 15) is 13.2 Å². The lowest BCUT2D eigenvalue weighted by atomic mass is 9.96. The molecule has 0 aromatic carbocycles. The summed E-state index contributed by atoms with van der Waals surface area (Å²) in [7, 11) is -0.822. The van der Waals surface area contributed by atoms with Crippen LogP contribution in [-0.2, 0) is 19.7 Å². The summed E-state index contributed by atoms with van der Waals surface area (Å²) in [4.78, 5) is 11.0. The number of nitrogens with zero attached hydrogens (tertiary/aromatic N) is 1.